The van der Waals surface area contributed by atoms with Gasteiger partial charge < -0.3 is 16.0 Å². The monoisotopic (exact) mass is 355 g/mol. The quantitative estimate of drug-likeness (QED) is 0.777. The maximum Gasteiger partial charge on any atom is 0.224 e. The first kappa shape index (κ1) is 18.7. The molecule has 3 rings (SSSR count). The summed E-state index contributed by atoms with van der Waals surface area (Å²) in [6.45, 7) is 2.01. The second-order valence-corrected chi connectivity index (χ2v) is 6.32. The smallest absolute Gasteiger partial charge is 0.224 e. The van der Waals surface area contributed by atoms with Crippen LogP contribution in [0.5, 0.6) is 0 Å². The molecule has 132 valence electrons. The molecule has 2 heterocycles. The van der Waals surface area contributed by atoms with Gasteiger partial charge in [-0.25, -0.2) is 4.39 Å². The van der Waals surface area contributed by atoms with Gasteiger partial charge in [0.15, 0.2) is 0 Å². The Hall–Kier alpha value is -1.66. The fourth-order valence-corrected chi connectivity index (χ4v) is 3.21. The van der Waals surface area contributed by atoms with Gasteiger partial charge in [0.1, 0.15) is 5.82 Å². The first-order valence-electron chi connectivity index (χ1n) is 8.24. The number of carbonyl (C=O) groups is 2. The van der Waals surface area contributed by atoms with Gasteiger partial charge >= 0.3 is 0 Å². The molecule has 2 aliphatic rings. The van der Waals surface area contributed by atoms with Gasteiger partial charge in [0.2, 0.25) is 11.8 Å². The van der Waals surface area contributed by atoms with E-state index in [4.69, 9.17) is 0 Å². The summed E-state index contributed by atoms with van der Waals surface area (Å²) in [5, 5.41) is 8.65. The van der Waals surface area contributed by atoms with Crippen molar-refractivity contribution in [3.05, 3.63) is 23.5 Å². The van der Waals surface area contributed by atoms with Crippen LogP contribution in [0.15, 0.2) is 12.1 Å². The van der Waals surface area contributed by atoms with Crippen LogP contribution in [-0.2, 0) is 16.0 Å². The number of amides is 2. The second kappa shape index (κ2) is 8.44. The molecule has 7 heteroatoms. The fraction of sp³-hybridized carbons (Fsp3) is 0.529. The zero-order valence-corrected chi connectivity index (χ0v) is 14.3. The third-order valence-electron chi connectivity index (χ3n) is 4.60. The van der Waals surface area contributed by atoms with E-state index in [0.717, 1.165) is 37.9 Å². The Morgan fingerprint density at radius 2 is 2.00 bits per heavy atom. The Balaban J connectivity index is 0.00000208. The lowest BCUT2D eigenvalue weighted by molar-refractivity contribution is -0.117. The molecule has 0 unspecified atom stereocenters. The SMILES string of the molecule is Cl.O=C(CCC1CCNCC1)Nc1cc2c(cc1F)CCC(=O)N2. The minimum Gasteiger partial charge on any atom is -0.326 e. The van der Waals surface area contributed by atoms with Crippen molar-refractivity contribution in [2.45, 2.75) is 38.5 Å². The highest BCUT2D eigenvalue weighted by molar-refractivity contribution is 5.96. The summed E-state index contributed by atoms with van der Waals surface area (Å²) in [7, 11) is 0. The number of piperidine rings is 1. The third-order valence-corrected chi connectivity index (χ3v) is 4.60. The number of benzene rings is 1. The average molecular weight is 356 g/mol. The molecule has 24 heavy (non-hydrogen) atoms. The van der Waals surface area contributed by atoms with E-state index in [2.05, 4.69) is 16.0 Å². The van der Waals surface area contributed by atoms with Gasteiger partial charge in [-0.3, -0.25) is 9.59 Å². The van der Waals surface area contributed by atoms with Crippen molar-refractivity contribution in [3.63, 3.8) is 0 Å². The van der Waals surface area contributed by atoms with Crippen LogP contribution >= 0.6 is 12.4 Å². The highest BCUT2D eigenvalue weighted by Gasteiger charge is 2.19. The number of halogens is 2. The van der Waals surface area contributed by atoms with E-state index in [1.807, 2.05) is 0 Å². The molecule has 0 aliphatic carbocycles. The second-order valence-electron chi connectivity index (χ2n) is 6.32. The first-order chi connectivity index (χ1) is 11.1. The number of rotatable bonds is 4. The summed E-state index contributed by atoms with van der Waals surface area (Å²) in [5.74, 6) is -0.137. The molecule has 3 N–H and O–H groups in total. The van der Waals surface area contributed by atoms with Crippen molar-refractivity contribution in [1.29, 1.82) is 0 Å². The zero-order chi connectivity index (χ0) is 16.2. The topological polar surface area (TPSA) is 70.2 Å². The molecule has 0 atom stereocenters. The number of hydrogen-bond donors (Lipinski definition) is 3. The molecule has 0 radical (unpaired) electrons. The van der Waals surface area contributed by atoms with Gasteiger partial charge in [0, 0.05) is 18.5 Å². The van der Waals surface area contributed by atoms with E-state index >= 15 is 0 Å². The van der Waals surface area contributed by atoms with Gasteiger partial charge in [0.25, 0.3) is 0 Å². The molecule has 2 amide bonds. The number of anilines is 2. The minimum atomic E-state index is -0.449. The summed E-state index contributed by atoms with van der Waals surface area (Å²) in [4.78, 5) is 23.5. The van der Waals surface area contributed by atoms with Crippen molar-refractivity contribution in [1.82, 2.24) is 5.32 Å². The summed E-state index contributed by atoms with van der Waals surface area (Å²) in [6, 6.07) is 2.92. The molecule has 2 aliphatic heterocycles. The van der Waals surface area contributed by atoms with Gasteiger partial charge in [-0.05, 0) is 62.4 Å². The predicted octanol–water partition coefficient (Wildman–Crippen LogP) is 2.85. The average Bonchev–Trinajstić information content (AvgIpc) is 2.55. The van der Waals surface area contributed by atoms with Crippen LogP contribution in [0.25, 0.3) is 0 Å². The van der Waals surface area contributed by atoms with Gasteiger partial charge in [-0.1, -0.05) is 0 Å². The summed E-state index contributed by atoms with van der Waals surface area (Å²) in [6.07, 6.45) is 4.31. The highest BCUT2D eigenvalue weighted by Crippen LogP contribution is 2.29. The Kier molecular flexibility index (Phi) is 6.57. The zero-order valence-electron chi connectivity index (χ0n) is 13.5. The molecule has 1 aromatic rings. The Bertz CT molecular complexity index is 618. The summed E-state index contributed by atoms with van der Waals surface area (Å²) < 4.78 is 14.1. The molecule has 1 aromatic carbocycles. The number of fused-ring (bicyclic) bond motifs is 1. The van der Waals surface area contributed by atoms with Crippen LogP contribution < -0.4 is 16.0 Å². The Morgan fingerprint density at radius 3 is 2.75 bits per heavy atom. The lowest BCUT2D eigenvalue weighted by Gasteiger charge is -2.22. The van der Waals surface area contributed by atoms with Gasteiger partial charge in [-0.15, -0.1) is 12.4 Å². The summed E-state index contributed by atoms with van der Waals surface area (Å²) in [5.41, 5.74) is 1.51. The molecule has 0 bridgehead atoms. The number of hydrogen-bond acceptors (Lipinski definition) is 3. The summed E-state index contributed by atoms with van der Waals surface area (Å²) >= 11 is 0. The van der Waals surface area contributed by atoms with Crippen molar-refractivity contribution in [3.8, 4) is 0 Å². The standard InChI is InChI=1S/C17H22FN3O2.ClH/c18-13-9-12-2-4-17(23)20-14(12)10-15(13)21-16(22)3-1-11-5-7-19-8-6-11;/h9-11,19H,1-8H2,(H,20,23)(H,21,22);1H. The molecular formula is C17H23ClFN3O2. The number of nitrogens with one attached hydrogen (secondary N) is 3. The normalized spacial score (nSPS) is 17.5. The Labute approximate surface area is 147 Å². The van der Waals surface area contributed by atoms with Crippen molar-refractivity contribution in [2.75, 3.05) is 23.7 Å². The van der Waals surface area contributed by atoms with E-state index in [0.29, 0.717) is 30.9 Å². The van der Waals surface area contributed by atoms with Crippen molar-refractivity contribution < 1.29 is 14.0 Å². The van der Waals surface area contributed by atoms with E-state index < -0.39 is 5.82 Å². The molecule has 0 saturated carbocycles. The molecule has 5 nitrogen and oxygen atoms in total. The molecular weight excluding hydrogens is 333 g/mol. The number of aryl methyl sites for hydroxylation is 1. The minimum absolute atomic E-state index is 0. The lowest BCUT2D eigenvalue weighted by Crippen LogP contribution is -2.28. The predicted molar refractivity (Wildman–Crippen MR) is 94.1 cm³/mol. The lowest BCUT2D eigenvalue weighted by atomic mass is 9.93. The van der Waals surface area contributed by atoms with Crippen LogP contribution in [0.4, 0.5) is 15.8 Å². The van der Waals surface area contributed by atoms with E-state index in [-0.39, 0.29) is 29.9 Å². The van der Waals surface area contributed by atoms with E-state index in [9.17, 15) is 14.0 Å². The van der Waals surface area contributed by atoms with Crippen LogP contribution in [-0.4, -0.2) is 24.9 Å². The molecule has 0 spiro atoms. The van der Waals surface area contributed by atoms with Gasteiger partial charge in [0.05, 0.1) is 5.69 Å². The number of carbonyl (C=O) groups excluding carboxylic acids is 2. The van der Waals surface area contributed by atoms with Crippen LogP contribution in [0.1, 0.15) is 37.7 Å². The van der Waals surface area contributed by atoms with Crippen LogP contribution in [0, 0.1) is 11.7 Å². The third kappa shape index (κ3) is 4.68. The Morgan fingerprint density at radius 1 is 1.25 bits per heavy atom. The highest BCUT2D eigenvalue weighted by atomic mass is 35.5. The maximum atomic E-state index is 14.1. The van der Waals surface area contributed by atoms with Crippen LogP contribution in [0.3, 0.4) is 0 Å². The van der Waals surface area contributed by atoms with Crippen molar-refractivity contribution in [2.24, 2.45) is 5.92 Å². The van der Waals surface area contributed by atoms with E-state index in [1.165, 1.54) is 12.1 Å². The maximum absolute atomic E-state index is 14.1. The molecule has 0 aromatic heterocycles. The largest absolute Gasteiger partial charge is 0.326 e. The van der Waals surface area contributed by atoms with Crippen molar-refractivity contribution >= 4 is 35.6 Å². The van der Waals surface area contributed by atoms with Crippen LogP contribution in [0.2, 0.25) is 0 Å². The first-order valence-corrected chi connectivity index (χ1v) is 8.24. The fourth-order valence-electron chi connectivity index (χ4n) is 3.21. The molecule has 1 saturated heterocycles. The van der Waals surface area contributed by atoms with E-state index in [1.54, 1.807) is 0 Å². The molecule has 1 fully saturated rings. The van der Waals surface area contributed by atoms with Gasteiger partial charge in [-0.2, -0.15) is 0 Å².